The number of rotatable bonds is 6. The van der Waals surface area contributed by atoms with Crippen LogP contribution in [-0.4, -0.2) is 47.1 Å². The van der Waals surface area contributed by atoms with Gasteiger partial charge in [0.05, 0.1) is 25.2 Å². The molecule has 7 nitrogen and oxygen atoms in total. The molecule has 0 heterocycles. The zero-order chi connectivity index (χ0) is 18.0. The summed E-state index contributed by atoms with van der Waals surface area (Å²) in [6.07, 6.45) is 0. The third kappa shape index (κ3) is 1.84. The third-order valence-electron chi connectivity index (χ3n) is 4.77. The first kappa shape index (κ1) is 18.2. The van der Waals surface area contributed by atoms with Crippen molar-refractivity contribution in [3.63, 3.8) is 0 Å². The topological polar surface area (TPSA) is 93.7 Å². The summed E-state index contributed by atoms with van der Waals surface area (Å²) in [5, 5.41) is 19.6. The highest BCUT2D eigenvalue weighted by Crippen LogP contribution is 2.68. The Morgan fingerprint density at radius 3 is 1.67 bits per heavy atom. The fourth-order valence-electron chi connectivity index (χ4n) is 3.71. The van der Waals surface area contributed by atoms with Crippen LogP contribution < -0.4 is 4.74 Å². The summed E-state index contributed by atoms with van der Waals surface area (Å²) in [5.74, 6) is -3.25. The van der Waals surface area contributed by atoms with E-state index in [4.69, 9.17) is 23.7 Å². The molecule has 2 rings (SSSR count). The number of benzene rings is 1. The summed E-state index contributed by atoms with van der Waals surface area (Å²) in [7, 11) is 7.10. The van der Waals surface area contributed by atoms with E-state index in [9.17, 15) is 10.5 Å². The number of ether oxygens (including phenoxy) is 5. The van der Waals surface area contributed by atoms with E-state index in [1.807, 2.05) is 0 Å². The van der Waals surface area contributed by atoms with Gasteiger partial charge in [0.15, 0.2) is 0 Å². The predicted octanol–water partition coefficient (Wildman–Crippen LogP) is 1.80. The minimum absolute atomic E-state index is 0.655. The summed E-state index contributed by atoms with van der Waals surface area (Å²) >= 11 is 0. The van der Waals surface area contributed by atoms with Crippen LogP contribution in [0.2, 0.25) is 0 Å². The first-order chi connectivity index (χ1) is 11.5. The van der Waals surface area contributed by atoms with Gasteiger partial charge in [-0.25, -0.2) is 0 Å². The lowest BCUT2D eigenvalue weighted by molar-refractivity contribution is -0.481. The van der Waals surface area contributed by atoms with E-state index in [0.717, 1.165) is 0 Å². The van der Waals surface area contributed by atoms with Gasteiger partial charge in [-0.15, -0.1) is 0 Å². The molecule has 0 saturated heterocycles. The predicted molar refractivity (Wildman–Crippen MR) is 82.9 cm³/mol. The second kappa shape index (κ2) is 6.39. The monoisotopic (exact) mass is 332 g/mol. The van der Waals surface area contributed by atoms with E-state index < -0.39 is 22.9 Å². The SMILES string of the molecule is COc1ccc(C2C(C#N)(C#N)C(OC)(OC)C2(OC)OC)cc1. The molecule has 0 spiro atoms. The van der Waals surface area contributed by atoms with Crippen molar-refractivity contribution in [1.82, 2.24) is 0 Å². The lowest BCUT2D eigenvalue weighted by Crippen LogP contribution is -2.82. The van der Waals surface area contributed by atoms with Gasteiger partial charge in [-0.3, -0.25) is 0 Å². The van der Waals surface area contributed by atoms with Gasteiger partial charge in [0.25, 0.3) is 5.79 Å². The van der Waals surface area contributed by atoms with Crippen molar-refractivity contribution < 1.29 is 23.7 Å². The van der Waals surface area contributed by atoms with Crippen LogP contribution in [0.25, 0.3) is 0 Å². The van der Waals surface area contributed by atoms with Crippen LogP contribution in [-0.2, 0) is 18.9 Å². The first-order valence-electron chi connectivity index (χ1n) is 7.20. The minimum Gasteiger partial charge on any atom is -0.497 e. The van der Waals surface area contributed by atoms with E-state index >= 15 is 0 Å². The van der Waals surface area contributed by atoms with Crippen LogP contribution in [0, 0.1) is 28.1 Å². The summed E-state index contributed by atoms with van der Waals surface area (Å²) < 4.78 is 27.3. The molecule has 0 aromatic heterocycles. The Bertz CT molecular complexity index is 652. The molecule has 0 bridgehead atoms. The fourth-order valence-corrected chi connectivity index (χ4v) is 3.71. The molecule has 128 valence electrons. The van der Waals surface area contributed by atoms with Crippen LogP contribution in [0.5, 0.6) is 5.75 Å². The van der Waals surface area contributed by atoms with Crippen LogP contribution >= 0.6 is 0 Å². The summed E-state index contributed by atoms with van der Waals surface area (Å²) in [5.41, 5.74) is -0.982. The first-order valence-corrected chi connectivity index (χ1v) is 7.20. The Morgan fingerprint density at radius 1 is 0.833 bits per heavy atom. The maximum atomic E-state index is 9.82. The van der Waals surface area contributed by atoms with Crippen molar-refractivity contribution >= 4 is 0 Å². The summed E-state index contributed by atoms with van der Waals surface area (Å²) in [6, 6.07) is 11.1. The number of nitrogens with zero attached hydrogens (tertiary/aromatic N) is 2. The molecule has 1 aromatic rings. The van der Waals surface area contributed by atoms with Crippen molar-refractivity contribution in [2.24, 2.45) is 5.41 Å². The van der Waals surface area contributed by atoms with Gasteiger partial charge in [0.1, 0.15) is 5.75 Å². The van der Waals surface area contributed by atoms with Gasteiger partial charge in [0.2, 0.25) is 11.2 Å². The largest absolute Gasteiger partial charge is 0.497 e. The van der Waals surface area contributed by atoms with E-state index in [-0.39, 0.29) is 0 Å². The van der Waals surface area contributed by atoms with Gasteiger partial charge in [-0.1, -0.05) is 12.1 Å². The third-order valence-corrected chi connectivity index (χ3v) is 4.77. The Labute approximate surface area is 141 Å². The standard InChI is InChI=1S/C17H20N2O5/c1-20-13-8-6-12(7-9-13)14-15(10-18,11-19)17(23-4,24-5)16(14,21-2)22-3/h6-9,14H,1-5H3. The molecule has 24 heavy (non-hydrogen) atoms. The van der Waals surface area contributed by atoms with Crippen molar-refractivity contribution in [2.45, 2.75) is 17.5 Å². The normalized spacial score (nSPS) is 22.7. The molecule has 0 amide bonds. The second-order valence-corrected chi connectivity index (χ2v) is 5.34. The maximum absolute atomic E-state index is 9.82. The molecule has 0 radical (unpaired) electrons. The molecule has 1 aromatic carbocycles. The van der Waals surface area contributed by atoms with E-state index in [0.29, 0.717) is 11.3 Å². The number of methoxy groups -OCH3 is 5. The van der Waals surface area contributed by atoms with Gasteiger partial charge in [-0.05, 0) is 17.7 Å². The van der Waals surface area contributed by atoms with Crippen molar-refractivity contribution in [3.05, 3.63) is 29.8 Å². The lowest BCUT2D eigenvalue weighted by atomic mass is 9.49. The highest BCUT2D eigenvalue weighted by atomic mass is 16.8. The zero-order valence-electron chi connectivity index (χ0n) is 14.3. The molecule has 1 unspecified atom stereocenters. The Morgan fingerprint density at radius 2 is 1.33 bits per heavy atom. The maximum Gasteiger partial charge on any atom is 0.257 e. The molecule has 1 saturated carbocycles. The molecule has 0 N–H and O–H groups in total. The Kier molecular flexibility index (Phi) is 4.84. The summed E-state index contributed by atoms with van der Waals surface area (Å²) in [6.45, 7) is 0. The quantitative estimate of drug-likeness (QED) is 0.733. The van der Waals surface area contributed by atoms with E-state index in [1.165, 1.54) is 28.4 Å². The van der Waals surface area contributed by atoms with E-state index in [2.05, 4.69) is 12.1 Å². The minimum atomic E-state index is -1.70. The molecular formula is C17H20N2O5. The average molecular weight is 332 g/mol. The van der Waals surface area contributed by atoms with Gasteiger partial charge in [-0.2, -0.15) is 10.5 Å². The van der Waals surface area contributed by atoms with Crippen LogP contribution in [0.4, 0.5) is 0 Å². The lowest BCUT2D eigenvalue weighted by Gasteiger charge is -2.65. The number of hydrogen-bond donors (Lipinski definition) is 0. The molecule has 1 aliphatic rings. The Balaban J connectivity index is 2.70. The molecule has 1 aliphatic carbocycles. The van der Waals surface area contributed by atoms with E-state index in [1.54, 1.807) is 31.4 Å². The van der Waals surface area contributed by atoms with Crippen molar-refractivity contribution in [1.29, 1.82) is 10.5 Å². The second-order valence-electron chi connectivity index (χ2n) is 5.34. The summed E-state index contributed by atoms with van der Waals surface area (Å²) in [4.78, 5) is 0. The highest BCUT2D eigenvalue weighted by Gasteiger charge is 2.86. The number of nitriles is 2. The smallest absolute Gasteiger partial charge is 0.257 e. The van der Waals surface area contributed by atoms with Crippen LogP contribution in [0.1, 0.15) is 11.5 Å². The van der Waals surface area contributed by atoms with Gasteiger partial charge >= 0.3 is 0 Å². The van der Waals surface area contributed by atoms with Crippen molar-refractivity contribution in [3.8, 4) is 17.9 Å². The zero-order valence-corrected chi connectivity index (χ0v) is 14.3. The van der Waals surface area contributed by atoms with Crippen LogP contribution in [0.15, 0.2) is 24.3 Å². The Hall–Kier alpha value is -2.16. The number of hydrogen-bond acceptors (Lipinski definition) is 7. The molecule has 1 atom stereocenters. The fraction of sp³-hybridized carbons (Fsp3) is 0.529. The molecular weight excluding hydrogens is 312 g/mol. The average Bonchev–Trinajstić information content (AvgIpc) is 2.64. The van der Waals surface area contributed by atoms with Crippen LogP contribution in [0.3, 0.4) is 0 Å². The van der Waals surface area contributed by atoms with Crippen molar-refractivity contribution in [2.75, 3.05) is 35.5 Å². The van der Waals surface area contributed by atoms with Gasteiger partial charge < -0.3 is 23.7 Å². The molecule has 0 aliphatic heterocycles. The highest BCUT2D eigenvalue weighted by molar-refractivity contribution is 5.47. The molecule has 1 fully saturated rings. The molecule has 7 heteroatoms. The van der Waals surface area contributed by atoms with Gasteiger partial charge in [0, 0.05) is 28.4 Å².